The first-order valence-corrected chi connectivity index (χ1v) is 8.04. The van der Waals surface area contributed by atoms with Gasteiger partial charge in [-0.05, 0) is 49.2 Å². The molecule has 0 saturated carbocycles. The molecule has 1 aromatic carbocycles. The Balaban J connectivity index is 1.79. The number of rotatable bonds is 6. The summed E-state index contributed by atoms with van der Waals surface area (Å²) in [6.45, 7) is 4.62. The van der Waals surface area contributed by atoms with Crippen molar-refractivity contribution >= 4 is 17.5 Å². The molecule has 3 aromatic rings. The molecular formula is C19H21N5O. The van der Waals surface area contributed by atoms with E-state index >= 15 is 0 Å². The predicted molar refractivity (Wildman–Crippen MR) is 99.3 cm³/mol. The van der Waals surface area contributed by atoms with E-state index in [1.165, 1.54) is 0 Å². The van der Waals surface area contributed by atoms with E-state index < -0.39 is 0 Å². The summed E-state index contributed by atoms with van der Waals surface area (Å²) in [5, 5.41) is 6.56. The molecule has 0 radical (unpaired) electrons. The molecule has 2 heterocycles. The molecule has 6 heteroatoms. The van der Waals surface area contributed by atoms with Gasteiger partial charge in [-0.25, -0.2) is 4.98 Å². The number of hydrogen-bond donors (Lipinski definition) is 2. The van der Waals surface area contributed by atoms with E-state index in [1.54, 1.807) is 19.5 Å². The second-order valence-corrected chi connectivity index (χ2v) is 5.76. The summed E-state index contributed by atoms with van der Waals surface area (Å²) < 4.78 is 5.41. The van der Waals surface area contributed by atoms with Crippen molar-refractivity contribution in [2.45, 2.75) is 20.4 Å². The molecule has 128 valence electrons. The van der Waals surface area contributed by atoms with Crippen LogP contribution >= 0.6 is 0 Å². The van der Waals surface area contributed by atoms with Gasteiger partial charge in [0.15, 0.2) is 0 Å². The zero-order valence-corrected chi connectivity index (χ0v) is 14.6. The summed E-state index contributed by atoms with van der Waals surface area (Å²) in [5.41, 5.74) is 4.02. The number of methoxy groups -OCH3 is 1. The monoisotopic (exact) mass is 335 g/mol. The lowest BCUT2D eigenvalue weighted by Crippen LogP contribution is -2.06. The van der Waals surface area contributed by atoms with Crippen LogP contribution in [0.5, 0.6) is 5.75 Å². The first-order valence-electron chi connectivity index (χ1n) is 8.04. The first kappa shape index (κ1) is 16.7. The average Bonchev–Trinajstić information content (AvgIpc) is 2.61. The molecule has 0 bridgehead atoms. The summed E-state index contributed by atoms with van der Waals surface area (Å²) >= 11 is 0. The molecule has 0 aliphatic heterocycles. The van der Waals surface area contributed by atoms with Crippen molar-refractivity contribution in [1.29, 1.82) is 0 Å². The van der Waals surface area contributed by atoms with Gasteiger partial charge in [-0.3, -0.25) is 4.98 Å². The van der Waals surface area contributed by atoms with Crippen LogP contribution in [0.25, 0.3) is 0 Å². The molecule has 0 aliphatic rings. The smallest absolute Gasteiger partial charge is 0.225 e. The highest BCUT2D eigenvalue weighted by Crippen LogP contribution is 2.28. The minimum atomic E-state index is 0.575. The van der Waals surface area contributed by atoms with E-state index in [9.17, 15) is 0 Å². The van der Waals surface area contributed by atoms with Gasteiger partial charge in [-0.1, -0.05) is 6.07 Å². The fraction of sp³-hybridized carbons (Fsp3) is 0.211. The van der Waals surface area contributed by atoms with Gasteiger partial charge < -0.3 is 15.4 Å². The van der Waals surface area contributed by atoms with Crippen LogP contribution < -0.4 is 15.4 Å². The number of hydrogen-bond acceptors (Lipinski definition) is 6. The van der Waals surface area contributed by atoms with Gasteiger partial charge in [0.2, 0.25) is 5.95 Å². The van der Waals surface area contributed by atoms with Gasteiger partial charge >= 0.3 is 0 Å². The SMILES string of the molecule is COc1ccc(C)cc1Nc1cc(C)nc(NCc2ccncc2)n1. The minimum Gasteiger partial charge on any atom is -0.495 e. The third-order valence-corrected chi connectivity index (χ3v) is 3.67. The average molecular weight is 335 g/mol. The van der Waals surface area contributed by atoms with Crippen LogP contribution in [-0.4, -0.2) is 22.1 Å². The lowest BCUT2D eigenvalue weighted by atomic mass is 10.2. The normalized spacial score (nSPS) is 10.4. The topological polar surface area (TPSA) is 72.0 Å². The number of anilines is 3. The van der Waals surface area contributed by atoms with E-state index in [-0.39, 0.29) is 0 Å². The molecule has 0 fully saturated rings. The molecule has 2 aromatic heterocycles. The minimum absolute atomic E-state index is 0.575. The summed E-state index contributed by atoms with van der Waals surface area (Å²) in [6.07, 6.45) is 3.54. The second kappa shape index (κ2) is 7.61. The number of nitrogens with one attached hydrogen (secondary N) is 2. The number of benzene rings is 1. The van der Waals surface area contributed by atoms with Gasteiger partial charge in [0.25, 0.3) is 0 Å². The number of aromatic nitrogens is 3. The molecule has 0 amide bonds. The Kier molecular flexibility index (Phi) is 5.09. The second-order valence-electron chi connectivity index (χ2n) is 5.76. The molecule has 0 aliphatic carbocycles. The standard InChI is InChI=1S/C19H21N5O/c1-13-4-5-17(25-3)16(10-13)23-18-11-14(2)22-19(24-18)21-12-15-6-8-20-9-7-15/h4-11H,12H2,1-3H3,(H2,21,22,23,24). The quantitative estimate of drug-likeness (QED) is 0.713. The Labute approximate surface area is 147 Å². The van der Waals surface area contributed by atoms with Crippen molar-refractivity contribution < 1.29 is 4.74 Å². The Bertz CT molecular complexity index is 852. The largest absolute Gasteiger partial charge is 0.495 e. The van der Waals surface area contributed by atoms with Crippen molar-refractivity contribution in [2.24, 2.45) is 0 Å². The maximum atomic E-state index is 5.41. The number of aryl methyl sites for hydroxylation is 2. The Morgan fingerprint density at radius 3 is 2.56 bits per heavy atom. The van der Waals surface area contributed by atoms with Crippen molar-refractivity contribution in [2.75, 3.05) is 17.7 Å². The van der Waals surface area contributed by atoms with Gasteiger partial charge in [-0.15, -0.1) is 0 Å². The van der Waals surface area contributed by atoms with Gasteiger partial charge in [-0.2, -0.15) is 4.98 Å². The zero-order chi connectivity index (χ0) is 17.6. The third kappa shape index (κ3) is 4.44. The summed E-state index contributed by atoms with van der Waals surface area (Å²) in [7, 11) is 1.66. The molecule has 0 spiro atoms. The van der Waals surface area contributed by atoms with Crippen molar-refractivity contribution in [3.63, 3.8) is 0 Å². The van der Waals surface area contributed by atoms with Crippen molar-refractivity contribution in [3.05, 3.63) is 65.6 Å². The lowest BCUT2D eigenvalue weighted by molar-refractivity contribution is 0.416. The highest BCUT2D eigenvalue weighted by atomic mass is 16.5. The molecule has 0 atom stereocenters. The summed E-state index contributed by atoms with van der Waals surface area (Å²) in [5.74, 6) is 2.06. The first-order chi connectivity index (χ1) is 12.1. The van der Waals surface area contributed by atoms with Gasteiger partial charge in [0.1, 0.15) is 11.6 Å². The fourth-order valence-corrected chi connectivity index (χ4v) is 2.45. The van der Waals surface area contributed by atoms with E-state index in [0.29, 0.717) is 18.3 Å². The Morgan fingerprint density at radius 1 is 1.00 bits per heavy atom. The highest BCUT2D eigenvalue weighted by molar-refractivity contribution is 5.65. The molecule has 25 heavy (non-hydrogen) atoms. The van der Waals surface area contributed by atoms with Gasteiger partial charge in [0.05, 0.1) is 12.8 Å². The van der Waals surface area contributed by atoms with Crippen molar-refractivity contribution in [3.8, 4) is 5.75 Å². The predicted octanol–water partition coefficient (Wildman–Crippen LogP) is 3.85. The zero-order valence-electron chi connectivity index (χ0n) is 14.6. The van der Waals surface area contributed by atoms with E-state index in [0.717, 1.165) is 28.3 Å². The van der Waals surface area contributed by atoms with Crippen LogP contribution in [0, 0.1) is 13.8 Å². The summed E-state index contributed by atoms with van der Waals surface area (Å²) in [4.78, 5) is 13.0. The van der Waals surface area contributed by atoms with Crippen LogP contribution in [0.4, 0.5) is 17.5 Å². The molecule has 0 saturated heterocycles. The van der Waals surface area contributed by atoms with E-state index in [1.807, 2.05) is 50.2 Å². The maximum absolute atomic E-state index is 5.41. The van der Waals surface area contributed by atoms with Crippen LogP contribution in [0.2, 0.25) is 0 Å². The van der Waals surface area contributed by atoms with Crippen LogP contribution in [0.3, 0.4) is 0 Å². The Morgan fingerprint density at radius 2 is 1.80 bits per heavy atom. The maximum Gasteiger partial charge on any atom is 0.225 e. The summed E-state index contributed by atoms with van der Waals surface area (Å²) in [6, 6.07) is 11.8. The van der Waals surface area contributed by atoms with E-state index in [4.69, 9.17) is 4.74 Å². The Hall–Kier alpha value is -3.15. The molecular weight excluding hydrogens is 314 g/mol. The molecule has 6 nitrogen and oxygen atoms in total. The molecule has 0 unspecified atom stereocenters. The highest BCUT2D eigenvalue weighted by Gasteiger charge is 2.07. The lowest BCUT2D eigenvalue weighted by Gasteiger charge is -2.13. The van der Waals surface area contributed by atoms with E-state index in [2.05, 4.69) is 25.6 Å². The molecule has 2 N–H and O–H groups in total. The number of pyridine rings is 1. The van der Waals surface area contributed by atoms with Crippen molar-refractivity contribution in [1.82, 2.24) is 15.0 Å². The number of ether oxygens (including phenoxy) is 1. The van der Waals surface area contributed by atoms with Crippen LogP contribution in [0.1, 0.15) is 16.8 Å². The van der Waals surface area contributed by atoms with Crippen LogP contribution in [-0.2, 0) is 6.54 Å². The van der Waals surface area contributed by atoms with Gasteiger partial charge in [0, 0.05) is 30.7 Å². The number of nitrogens with zero attached hydrogens (tertiary/aromatic N) is 3. The fourth-order valence-electron chi connectivity index (χ4n) is 2.45. The third-order valence-electron chi connectivity index (χ3n) is 3.67. The molecule has 3 rings (SSSR count). The van der Waals surface area contributed by atoms with Crippen LogP contribution in [0.15, 0.2) is 48.8 Å².